The fourth-order valence-electron chi connectivity index (χ4n) is 4.62. The number of methoxy groups -OCH3 is 1. The van der Waals surface area contributed by atoms with Gasteiger partial charge in [0, 0.05) is 7.11 Å². The summed E-state index contributed by atoms with van der Waals surface area (Å²) in [5.74, 6) is -0.409. The SMILES string of the molecule is COC(c1ccc(C(=O)O)cc1)C1CCC2=C(C1)C(C)(C)CCC2. The van der Waals surface area contributed by atoms with Gasteiger partial charge in [0.1, 0.15) is 0 Å². The molecule has 0 fully saturated rings. The van der Waals surface area contributed by atoms with Gasteiger partial charge in [-0.25, -0.2) is 4.79 Å². The van der Waals surface area contributed by atoms with E-state index >= 15 is 0 Å². The molecule has 0 heterocycles. The van der Waals surface area contributed by atoms with Crippen LogP contribution in [0.25, 0.3) is 0 Å². The summed E-state index contributed by atoms with van der Waals surface area (Å²) in [7, 11) is 1.77. The third-order valence-electron chi connectivity index (χ3n) is 5.98. The molecule has 3 heteroatoms. The molecule has 1 N–H and O–H groups in total. The number of hydrogen-bond acceptors (Lipinski definition) is 2. The highest BCUT2D eigenvalue weighted by Crippen LogP contribution is 2.50. The van der Waals surface area contributed by atoms with Crippen molar-refractivity contribution in [3.63, 3.8) is 0 Å². The maximum Gasteiger partial charge on any atom is 0.335 e. The Labute approximate surface area is 144 Å². The first-order valence-corrected chi connectivity index (χ1v) is 9.00. The third-order valence-corrected chi connectivity index (χ3v) is 5.98. The number of carboxylic acids is 1. The predicted molar refractivity (Wildman–Crippen MR) is 95.2 cm³/mol. The molecule has 130 valence electrons. The van der Waals surface area contributed by atoms with Crippen molar-refractivity contribution in [3.8, 4) is 0 Å². The predicted octanol–water partition coefficient (Wildman–Crippen LogP) is 5.38. The van der Waals surface area contributed by atoms with Gasteiger partial charge in [-0.1, -0.05) is 37.1 Å². The second kappa shape index (κ2) is 6.72. The summed E-state index contributed by atoms with van der Waals surface area (Å²) < 4.78 is 5.85. The van der Waals surface area contributed by atoms with Gasteiger partial charge < -0.3 is 9.84 Å². The molecule has 3 nitrogen and oxygen atoms in total. The summed E-state index contributed by atoms with van der Waals surface area (Å²) in [6.45, 7) is 4.76. The molecule has 2 aliphatic rings. The van der Waals surface area contributed by atoms with Crippen molar-refractivity contribution in [1.29, 1.82) is 0 Å². The molecule has 0 aliphatic heterocycles. The van der Waals surface area contributed by atoms with Crippen LogP contribution in [0.15, 0.2) is 35.4 Å². The molecule has 1 aromatic rings. The summed E-state index contributed by atoms with van der Waals surface area (Å²) in [4.78, 5) is 11.0. The van der Waals surface area contributed by atoms with E-state index in [2.05, 4.69) is 13.8 Å². The lowest BCUT2D eigenvalue weighted by Crippen LogP contribution is -2.28. The molecule has 0 amide bonds. The molecule has 2 aliphatic carbocycles. The highest BCUT2D eigenvalue weighted by molar-refractivity contribution is 5.87. The van der Waals surface area contributed by atoms with Gasteiger partial charge in [0.05, 0.1) is 11.7 Å². The Morgan fingerprint density at radius 1 is 1.25 bits per heavy atom. The smallest absolute Gasteiger partial charge is 0.335 e. The molecule has 0 spiro atoms. The Kier molecular flexibility index (Phi) is 4.82. The second-order valence-electron chi connectivity index (χ2n) is 7.91. The Bertz CT molecular complexity index is 640. The lowest BCUT2D eigenvalue weighted by atomic mass is 9.64. The summed E-state index contributed by atoms with van der Waals surface area (Å²) in [5, 5.41) is 9.07. The van der Waals surface area contributed by atoms with Gasteiger partial charge in [-0.05, 0) is 67.6 Å². The molecule has 24 heavy (non-hydrogen) atoms. The Balaban J connectivity index is 1.82. The van der Waals surface area contributed by atoms with Crippen molar-refractivity contribution in [2.75, 3.05) is 7.11 Å². The van der Waals surface area contributed by atoms with Crippen LogP contribution in [0.3, 0.4) is 0 Å². The minimum Gasteiger partial charge on any atom is -0.478 e. The highest BCUT2D eigenvalue weighted by atomic mass is 16.5. The first kappa shape index (κ1) is 17.2. The molecule has 0 bridgehead atoms. The van der Waals surface area contributed by atoms with Crippen molar-refractivity contribution < 1.29 is 14.6 Å². The molecule has 2 unspecified atom stereocenters. The average molecular weight is 328 g/mol. The van der Waals surface area contributed by atoms with Crippen molar-refractivity contribution in [1.82, 2.24) is 0 Å². The number of ether oxygens (including phenoxy) is 1. The maximum absolute atomic E-state index is 11.0. The first-order chi connectivity index (χ1) is 11.4. The van der Waals surface area contributed by atoms with E-state index in [0.29, 0.717) is 16.9 Å². The highest BCUT2D eigenvalue weighted by Gasteiger charge is 2.36. The standard InChI is InChI=1S/C21H28O3/c1-21(2)12-4-5-14-6-11-17(13-18(14)21)19(24-3)15-7-9-16(10-8-15)20(22)23/h7-10,17,19H,4-6,11-13H2,1-3H3,(H,22,23). The van der Waals surface area contributed by atoms with E-state index in [9.17, 15) is 4.79 Å². The lowest BCUT2D eigenvalue weighted by molar-refractivity contribution is 0.0415. The largest absolute Gasteiger partial charge is 0.478 e. The Morgan fingerprint density at radius 2 is 1.96 bits per heavy atom. The number of hydrogen-bond donors (Lipinski definition) is 1. The van der Waals surface area contributed by atoms with Crippen LogP contribution in [-0.2, 0) is 4.74 Å². The van der Waals surface area contributed by atoms with Gasteiger partial charge in [-0.15, -0.1) is 0 Å². The van der Waals surface area contributed by atoms with Gasteiger partial charge in [-0.2, -0.15) is 0 Å². The minimum atomic E-state index is -0.882. The van der Waals surface area contributed by atoms with Gasteiger partial charge in [0.2, 0.25) is 0 Å². The van der Waals surface area contributed by atoms with Crippen molar-refractivity contribution in [2.45, 2.75) is 58.5 Å². The van der Waals surface area contributed by atoms with E-state index in [1.165, 1.54) is 25.7 Å². The normalized spacial score (nSPS) is 24.4. The topological polar surface area (TPSA) is 46.5 Å². The third kappa shape index (κ3) is 3.27. The quantitative estimate of drug-likeness (QED) is 0.755. The van der Waals surface area contributed by atoms with Crippen LogP contribution in [0.5, 0.6) is 0 Å². The molecule has 0 saturated heterocycles. The number of rotatable bonds is 4. The summed E-state index contributed by atoms with van der Waals surface area (Å²) in [6.07, 6.45) is 7.38. The minimum absolute atomic E-state index is 0.0413. The zero-order chi connectivity index (χ0) is 17.3. The summed E-state index contributed by atoms with van der Waals surface area (Å²) >= 11 is 0. The Morgan fingerprint density at radius 3 is 2.58 bits per heavy atom. The second-order valence-corrected chi connectivity index (χ2v) is 7.91. The number of aromatic carboxylic acids is 1. The van der Waals surface area contributed by atoms with Crippen molar-refractivity contribution >= 4 is 5.97 Å². The van der Waals surface area contributed by atoms with Crippen molar-refractivity contribution in [2.24, 2.45) is 11.3 Å². The number of allylic oxidation sites excluding steroid dienone is 2. The number of carbonyl (C=O) groups is 1. The number of carboxylic acid groups (broad SMARTS) is 1. The van der Waals surface area contributed by atoms with E-state index in [1.807, 2.05) is 12.1 Å². The fourth-order valence-corrected chi connectivity index (χ4v) is 4.62. The molecule has 0 aromatic heterocycles. The van der Waals surface area contributed by atoms with Crippen LogP contribution in [0.4, 0.5) is 0 Å². The van der Waals surface area contributed by atoms with Crippen LogP contribution < -0.4 is 0 Å². The van der Waals surface area contributed by atoms with E-state index in [-0.39, 0.29) is 6.10 Å². The van der Waals surface area contributed by atoms with Crippen LogP contribution >= 0.6 is 0 Å². The lowest BCUT2D eigenvalue weighted by Gasteiger charge is -2.42. The summed E-state index contributed by atoms with van der Waals surface area (Å²) in [5.41, 5.74) is 5.09. The molecule has 3 rings (SSSR count). The van der Waals surface area contributed by atoms with Crippen molar-refractivity contribution in [3.05, 3.63) is 46.5 Å². The number of benzene rings is 1. The fraction of sp³-hybridized carbons (Fsp3) is 0.571. The zero-order valence-electron chi connectivity index (χ0n) is 15.0. The Hall–Kier alpha value is -1.61. The van der Waals surface area contributed by atoms with Gasteiger partial charge in [-0.3, -0.25) is 0 Å². The molecule has 0 radical (unpaired) electrons. The van der Waals surface area contributed by atoms with E-state index < -0.39 is 5.97 Å². The van der Waals surface area contributed by atoms with Crippen LogP contribution in [0.1, 0.15) is 74.4 Å². The molecule has 1 aromatic carbocycles. The van der Waals surface area contributed by atoms with E-state index in [4.69, 9.17) is 9.84 Å². The monoisotopic (exact) mass is 328 g/mol. The molecular weight excluding hydrogens is 300 g/mol. The average Bonchev–Trinajstić information content (AvgIpc) is 2.56. The zero-order valence-corrected chi connectivity index (χ0v) is 15.0. The van der Waals surface area contributed by atoms with Gasteiger partial charge in [0.25, 0.3) is 0 Å². The first-order valence-electron chi connectivity index (χ1n) is 9.00. The van der Waals surface area contributed by atoms with Crippen LogP contribution in [-0.4, -0.2) is 18.2 Å². The van der Waals surface area contributed by atoms with Crippen LogP contribution in [0, 0.1) is 11.3 Å². The van der Waals surface area contributed by atoms with Crippen LogP contribution in [0.2, 0.25) is 0 Å². The molecule has 0 saturated carbocycles. The van der Waals surface area contributed by atoms with Gasteiger partial charge in [0.15, 0.2) is 0 Å². The maximum atomic E-state index is 11.0. The molecule has 2 atom stereocenters. The summed E-state index contributed by atoms with van der Waals surface area (Å²) in [6, 6.07) is 7.19. The van der Waals surface area contributed by atoms with Gasteiger partial charge >= 0.3 is 5.97 Å². The molecular formula is C21H28O3. The van der Waals surface area contributed by atoms with E-state index in [0.717, 1.165) is 18.4 Å². The van der Waals surface area contributed by atoms with E-state index in [1.54, 1.807) is 30.4 Å².